The fourth-order valence-corrected chi connectivity index (χ4v) is 18.3. The molecule has 2 aliphatic heterocycles. The van der Waals surface area contributed by atoms with Crippen LogP contribution < -0.4 is 28.7 Å². The number of hydrogen-bond acceptors (Lipinski definition) is 8. The minimum atomic E-state index is -0.617. The van der Waals surface area contributed by atoms with Crippen molar-refractivity contribution < 1.29 is 38.1 Å². The average Bonchev–Trinajstić information content (AvgIpc) is 0.668. The van der Waals surface area contributed by atoms with Gasteiger partial charge in [-0.1, -0.05) is 252 Å². The number of carbonyl (C=O) groups excluding carboxylic acids is 4. The Bertz CT molecular complexity index is 7080. The third-order valence-corrected chi connectivity index (χ3v) is 24.7. The molecule has 0 atom stereocenters. The molecule has 10 nitrogen and oxygen atoms in total. The first-order valence-corrected chi connectivity index (χ1v) is 41.5. The molecule has 2 aliphatic rings. The van der Waals surface area contributed by atoms with Crippen molar-refractivity contribution in [2.45, 2.75) is 105 Å². The van der Waals surface area contributed by atoms with E-state index >= 15 is 19.2 Å². The summed E-state index contributed by atoms with van der Waals surface area (Å²) >= 11 is 0. The van der Waals surface area contributed by atoms with Crippen LogP contribution in [0.1, 0.15) is 169 Å². The van der Waals surface area contributed by atoms with Crippen molar-refractivity contribution in [3.63, 3.8) is 0 Å². The molecule has 588 valence electrons. The highest BCUT2D eigenvalue weighted by Gasteiger charge is 2.43. The summed E-state index contributed by atoms with van der Waals surface area (Å²) in [4.78, 5) is 68.5. The second-order valence-corrected chi connectivity index (χ2v) is 36.6. The highest BCUT2D eigenvalue weighted by molar-refractivity contribution is 6.48. The van der Waals surface area contributed by atoms with Gasteiger partial charge >= 0.3 is 0 Å². The maximum Gasteiger partial charge on any atom is 0.266 e. The highest BCUT2D eigenvalue weighted by atomic mass is 16.5. The van der Waals surface area contributed by atoms with Crippen LogP contribution in [0.2, 0.25) is 0 Å². The van der Waals surface area contributed by atoms with Crippen LogP contribution in [0.4, 0.5) is 11.4 Å². The van der Waals surface area contributed by atoms with E-state index < -0.39 is 23.6 Å². The summed E-state index contributed by atoms with van der Waals surface area (Å²) in [5.74, 6) is 13.9. The standard InChI is InChI=1S/C112H82N2O8/c1-109(2,3)73-37-49-79(50-38-73)119-89-59-85-97-86(106(116)113(105(85)115)77-45-21-63(22-46-77)19-25-65-27-29-71-33-31-67-15-13-17-69-35-57-83(65)95(71)93(67)69)61-91(121-81-53-41-75(42-54-81)111(7,8)9)101-102-92(122-82-55-43-76(44-56-82)112(10,11)12)62-88-98-87(60-90(100(104(98)102)99(89)103(97)101)120-80-51-39-74(40-52-80)110(4,5)6)107(117)114(108(88)118)78-47-23-64(24-48-78)20-26-66-28-30-72-34-32-68-16-14-18-70-36-58-84(66)96(72)94(68)70/h13-18,21-24,27-62H,1-12H3. The van der Waals surface area contributed by atoms with Crippen molar-refractivity contribution in [3.8, 4) is 69.7 Å². The van der Waals surface area contributed by atoms with E-state index in [2.05, 4.69) is 216 Å². The van der Waals surface area contributed by atoms with E-state index in [1.807, 2.05) is 121 Å². The number of amides is 4. The Morgan fingerprint density at radius 2 is 0.475 bits per heavy atom. The summed E-state index contributed by atoms with van der Waals surface area (Å²) in [6.45, 7) is 25.8. The molecule has 0 unspecified atom stereocenters. The van der Waals surface area contributed by atoms with Crippen molar-refractivity contribution in [1.82, 2.24) is 0 Å². The van der Waals surface area contributed by atoms with Crippen LogP contribution in [0.3, 0.4) is 0 Å². The molecule has 0 fully saturated rings. The van der Waals surface area contributed by atoms with Crippen LogP contribution in [0.15, 0.2) is 279 Å². The summed E-state index contributed by atoms with van der Waals surface area (Å²) in [6, 6.07) is 91.2. The summed E-state index contributed by atoms with van der Waals surface area (Å²) < 4.78 is 29.8. The van der Waals surface area contributed by atoms with Gasteiger partial charge in [-0.15, -0.1) is 0 Å². The molecule has 2 heterocycles. The van der Waals surface area contributed by atoms with Crippen molar-refractivity contribution in [2.75, 3.05) is 9.80 Å². The Morgan fingerprint density at radius 1 is 0.230 bits per heavy atom. The minimum absolute atomic E-state index is 0.153. The summed E-state index contributed by atoms with van der Waals surface area (Å²) in [5, 5.41) is 16.8. The Kier molecular flexibility index (Phi) is 16.7. The van der Waals surface area contributed by atoms with Crippen LogP contribution in [0, 0.1) is 23.7 Å². The van der Waals surface area contributed by atoms with E-state index in [4.69, 9.17) is 18.9 Å². The monoisotopic (exact) mass is 1580 g/mol. The fourth-order valence-electron chi connectivity index (χ4n) is 18.3. The molecule has 0 aliphatic carbocycles. The number of imide groups is 2. The largest absolute Gasteiger partial charge is 0.457 e. The molecule has 4 amide bonds. The van der Waals surface area contributed by atoms with Crippen LogP contribution >= 0.6 is 0 Å². The molecule has 0 bridgehead atoms. The van der Waals surface area contributed by atoms with Gasteiger partial charge in [0, 0.05) is 65.3 Å². The molecule has 0 saturated carbocycles. The van der Waals surface area contributed by atoms with Gasteiger partial charge in [0.05, 0.1) is 33.6 Å². The number of rotatable bonds is 10. The molecular weight excluding hydrogens is 1500 g/mol. The van der Waals surface area contributed by atoms with E-state index in [9.17, 15) is 0 Å². The Hall–Kier alpha value is -14.8. The lowest BCUT2D eigenvalue weighted by Crippen LogP contribution is -2.40. The zero-order valence-electron chi connectivity index (χ0n) is 69.7. The quantitative estimate of drug-likeness (QED) is 0.0576. The smallest absolute Gasteiger partial charge is 0.266 e. The summed E-state index contributed by atoms with van der Waals surface area (Å²) in [7, 11) is 0. The number of carbonyl (C=O) groups is 4. The number of ether oxygens (including phenoxy) is 4. The van der Waals surface area contributed by atoms with Gasteiger partial charge in [0.15, 0.2) is 0 Å². The third kappa shape index (κ3) is 12.3. The van der Waals surface area contributed by atoms with Gasteiger partial charge in [0.25, 0.3) is 23.6 Å². The molecule has 19 aromatic carbocycles. The molecule has 0 aromatic heterocycles. The first-order chi connectivity index (χ1) is 58.6. The second kappa shape index (κ2) is 27.4. The topological polar surface area (TPSA) is 112 Å². The first kappa shape index (κ1) is 74.7. The van der Waals surface area contributed by atoms with Crippen molar-refractivity contribution >= 4 is 143 Å². The van der Waals surface area contributed by atoms with Gasteiger partial charge in [-0.2, -0.15) is 0 Å². The Balaban J connectivity index is 0.799. The Labute approximate surface area is 706 Å². The van der Waals surface area contributed by atoms with Crippen LogP contribution in [0.5, 0.6) is 46.0 Å². The van der Waals surface area contributed by atoms with Crippen LogP contribution in [-0.4, -0.2) is 23.6 Å². The first-order valence-electron chi connectivity index (χ1n) is 41.5. The summed E-state index contributed by atoms with van der Waals surface area (Å²) in [5.41, 5.74) is 7.64. The normalized spacial score (nSPS) is 13.3. The van der Waals surface area contributed by atoms with Crippen molar-refractivity contribution in [1.29, 1.82) is 0 Å². The lowest BCUT2D eigenvalue weighted by Gasteiger charge is -2.32. The molecular formula is C112H82N2O8. The fraction of sp³-hybridized carbons (Fsp3) is 0.143. The Morgan fingerprint density at radius 3 is 0.738 bits per heavy atom. The van der Waals surface area contributed by atoms with Gasteiger partial charge in [0.2, 0.25) is 0 Å². The molecule has 21 rings (SSSR count). The molecule has 122 heavy (non-hydrogen) atoms. The number of benzene rings is 19. The van der Waals surface area contributed by atoms with Gasteiger partial charge in [-0.3, -0.25) is 19.2 Å². The van der Waals surface area contributed by atoms with Gasteiger partial charge < -0.3 is 18.9 Å². The molecule has 10 heteroatoms. The average molecular weight is 1580 g/mol. The van der Waals surface area contributed by atoms with E-state index in [1.54, 1.807) is 48.5 Å². The van der Waals surface area contributed by atoms with Crippen molar-refractivity contribution in [3.05, 3.63) is 346 Å². The third-order valence-electron chi connectivity index (χ3n) is 24.7. The second-order valence-electron chi connectivity index (χ2n) is 36.6. The number of anilines is 2. The van der Waals surface area contributed by atoms with Gasteiger partial charge in [-0.25, -0.2) is 9.80 Å². The number of fused-ring (bicyclic) bond motifs is 2. The predicted octanol–water partition coefficient (Wildman–Crippen LogP) is 28.3. The van der Waals surface area contributed by atoms with Gasteiger partial charge in [0.1, 0.15) is 46.0 Å². The minimum Gasteiger partial charge on any atom is -0.457 e. The van der Waals surface area contributed by atoms with E-state index in [-0.39, 0.29) is 66.9 Å². The van der Waals surface area contributed by atoms with Gasteiger partial charge in [-0.05, 0) is 242 Å². The van der Waals surface area contributed by atoms with Crippen LogP contribution in [0.25, 0.3) is 108 Å². The zero-order chi connectivity index (χ0) is 83.9. The molecule has 0 N–H and O–H groups in total. The van der Waals surface area contributed by atoms with E-state index in [1.165, 1.54) is 52.9 Å². The lowest BCUT2D eigenvalue weighted by molar-refractivity contribution is 0.0877. The number of hydrogen-bond donors (Lipinski definition) is 0. The molecule has 0 spiro atoms. The molecule has 0 saturated heterocycles. The SMILES string of the molecule is CC(C)(C)c1ccc(Oc2cc3c4c(cc(Oc5ccc(C(C)(C)C)cc5)c5c6c(Oc7ccc(C(C)(C)C)cc7)cc7c8c(cc(Oc9ccc(C(C)(C)C)cc9)c(c2c45)c86)C(=O)N(c2ccc(C#Cc4ccc5ccc6cccc8ccc4c5c68)cc2)C7=O)C(=O)N(c2ccc(C#Cc4ccc5ccc6cccc7ccc4c5c67)cc2)C3=O)cc1. The van der Waals surface area contributed by atoms with E-state index in [0.717, 1.165) is 54.9 Å². The van der Waals surface area contributed by atoms with Crippen LogP contribution in [-0.2, 0) is 21.7 Å². The van der Waals surface area contributed by atoms with E-state index in [0.29, 0.717) is 88.6 Å². The maximum atomic E-state index is 16.5. The lowest BCUT2D eigenvalue weighted by atomic mass is 9.80. The predicted molar refractivity (Wildman–Crippen MR) is 496 cm³/mol. The molecule has 19 aromatic rings. The maximum absolute atomic E-state index is 16.5. The highest BCUT2D eigenvalue weighted by Crippen LogP contribution is 2.59. The summed E-state index contributed by atoms with van der Waals surface area (Å²) in [6.07, 6.45) is 0. The number of nitrogens with zero attached hydrogens (tertiary/aromatic N) is 2. The zero-order valence-corrected chi connectivity index (χ0v) is 69.7. The van der Waals surface area contributed by atoms with Crippen molar-refractivity contribution in [2.24, 2.45) is 0 Å². The molecule has 0 radical (unpaired) electrons.